The molecule has 2 aromatic rings. The van der Waals surface area contributed by atoms with Gasteiger partial charge < -0.3 is 9.80 Å². The van der Waals surface area contributed by atoms with Crippen LogP contribution in [0.25, 0.3) is 0 Å². The average molecular weight is 423 g/mol. The van der Waals surface area contributed by atoms with Crippen molar-refractivity contribution in [2.24, 2.45) is 17.9 Å². The number of urea groups is 1. The van der Waals surface area contributed by atoms with Crippen LogP contribution in [-0.4, -0.2) is 85.0 Å². The normalized spacial score (nSPS) is 26.5. The van der Waals surface area contributed by atoms with Crippen molar-refractivity contribution in [3.8, 4) is 0 Å². The lowest BCUT2D eigenvalue weighted by Crippen LogP contribution is -2.75. The van der Waals surface area contributed by atoms with Crippen molar-refractivity contribution in [1.29, 1.82) is 0 Å². The highest BCUT2D eigenvalue weighted by Gasteiger charge is 2.58. The van der Waals surface area contributed by atoms with E-state index >= 15 is 0 Å². The fourth-order valence-electron chi connectivity index (χ4n) is 6.42. The number of H-pyrrole nitrogens is 1. The number of hydrogen-bond donors (Lipinski definition) is 1. The van der Waals surface area contributed by atoms with Gasteiger partial charge in [0.2, 0.25) is 0 Å². The molecule has 2 saturated carbocycles. The van der Waals surface area contributed by atoms with E-state index in [-0.39, 0.29) is 6.03 Å². The quantitative estimate of drug-likeness (QED) is 0.808. The number of hydrogen-bond acceptors (Lipinski definition) is 5. The molecule has 2 aromatic heterocycles. The van der Waals surface area contributed by atoms with Gasteiger partial charge in [0.25, 0.3) is 0 Å². The fourth-order valence-corrected chi connectivity index (χ4v) is 6.42. The Balaban J connectivity index is 0.857. The number of amides is 2. The van der Waals surface area contributed by atoms with Crippen molar-refractivity contribution in [3.05, 3.63) is 29.6 Å². The molecule has 1 N–H and O–H groups in total. The molecule has 7 rings (SSSR count). The topological polar surface area (TPSA) is 86.2 Å². The molecule has 164 valence electrons. The van der Waals surface area contributed by atoms with Gasteiger partial charge in [0.15, 0.2) is 5.82 Å². The summed E-state index contributed by atoms with van der Waals surface area (Å²) in [4.78, 5) is 24.1. The maximum absolute atomic E-state index is 12.9. The molecule has 2 amide bonds. The van der Waals surface area contributed by atoms with Gasteiger partial charge in [-0.05, 0) is 31.7 Å². The summed E-state index contributed by atoms with van der Waals surface area (Å²) in [6.45, 7) is 6.74. The predicted molar refractivity (Wildman–Crippen MR) is 112 cm³/mol. The lowest BCUT2D eigenvalue weighted by atomic mass is 9.57. The first-order valence-electron chi connectivity index (χ1n) is 11.7. The van der Waals surface area contributed by atoms with Crippen molar-refractivity contribution >= 4 is 6.03 Å². The van der Waals surface area contributed by atoms with Crippen LogP contribution in [0.3, 0.4) is 0 Å². The summed E-state index contributed by atoms with van der Waals surface area (Å²) >= 11 is 0. The van der Waals surface area contributed by atoms with Gasteiger partial charge in [0.1, 0.15) is 5.82 Å². The Hall–Kier alpha value is -2.42. The standard InChI is InChI=1S/C22H30N8O/c1-27-5-4-17(26-27)8-28-9-22(10-28)13-30(14-22)20(31)29-11-21(12-29)6-16(7-21)19-23-18(24-25-19)15-2-3-15/h4-5,15-16H,2-3,6-14H2,1H3,(H,23,24,25). The summed E-state index contributed by atoms with van der Waals surface area (Å²) in [5.41, 5.74) is 1.79. The molecule has 31 heavy (non-hydrogen) atoms. The van der Waals surface area contributed by atoms with Crippen LogP contribution in [0, 0.1) is 10.8 Å². The third kappa shape index (κ3) is 2.92. The van der Waals surface area contributed by atoms with E-state index in [1.54, 1.807) is 0 Å². The van der Waals surface area contributed by atoms with Gasteiger partial charge in [-0.1, -0.05) is 0 Å². The lowest BCUT2D eigenvalue weighted by Gasteiger charge is -2.63. The molecule has 0 aromatic carbocycles. The van der Waals surface area contributed by atoms with Crippen LogP contribution in [0.5, 0.6) is 0 Å². The minimum Gasteiger partial charge on any atom is -0.323 e. The molecule has 5 heterocycles. The first-order valence-corrected chi connectivity index (χ1v) is 11.7. The lowest BCUT2D eigenvalue weighted by molar-refractivity contribution is -0.117. The van der Waals surface area contributed by atoms with E-state index in [1.807, 2.05) is 17.9 Å². The molecule has 3 aliphatic heterocycles. The first kappa shape index (κ1) is 18.2. The molecule has 0 unspecified atom stereocenters. The molecular weight excluding hydrogens is 392 g/mol. The Bertz CT molecular complexity index is 1010. The minimum absolute atomic E-state index is 0.247. The maximum Gasteiger partial charge on any atom is 0.320 e. The summed E-state index contributed by atoms with van der Waals surface area (Å²) < 4.78 is 1.86. The third-order valence-electron chi connectivity index (χ3n) is 8.13. The number of nitrogens with zero attached hydrogens (tertiary/aromatic N) is 7. The van der Waals surface area contributed by atoms with Crippen LogP contribution < -0.4 is 0 Å². The van der Waals surface area contributed by atoms with Crippen molar-refractivity contribution < 1.29 is 4.79 Å². The van der Waals surface area contributed by atoms with E-state index in [4.69, 9.17) is 4.98 Å². The second-order valence-electron chi connectivity index (χ2n) is 11.1. The van der Waals surface area contributed by atoms with Gasteiger partial charge >= 0.3 is 6.03 Å². The van der Waals surface area contributed by atoms with Crippen LogP contribution in [0.2, 0.25) is 0 Å². The van der Waals surface area contributed by atoms with E-state index in [0.29, 0.717) is 22.7 Å². The largest absolute Gasteiger partial charge is 0.323 e. The van der Waals surface area contributed by atoms with Crippen LogP contribution in [-0.2, 0) is 13.6 Å². The van der Waals surface area contributed by atoms with Crippen molar-refractivity contribution in [3.63, 3.8) is 0 Å². The van der Waals surface area contributed by atoms with Crippen LogP contribution in [0.1, 0.15) is 54.9 Å². The highest BCUT2D eigenvalue weighted by molar-refractivity contribution is 5.77. The molecule has 5 aliphatic rings. The number of aryl methyl sites for hydroxylation is 1. The zero-order valence-corrected chi connectivity index (χ0v) is 18.1. The highest BCUT2D eigenvalue weighted by Crippen LogP contribution is 2.56. The SMILES string of the molecule is Cn1ccc(CN2CC3(C2)CN(C(=O)N2CC4(CC(c5n[nH]c(C6CC6)n5)C4)C2)C3)n1. The second-order valence-corrected chi connectivity index (χ2v) is 11.1. The van der Waals surface area contributed by atoms with Gasteiger partial charge in [0, 0.05) is 81.7 Å². The third-order valence-corrected chi connectivity index (χ3v) is 8.13. The molecule has 9 heteroatoms. The van der Waals surface area contributed by atoms with Gasteiger partial charge in [-0.2, -0.15) is 10.2 Å². The number of aromatic nitrogens is 5. The van der Waals surface area contributed by atoms with E-state index in [1.165, 1.54) is 12.8 Å². The van der Waals surface area contributed by atoms with Crippen LogP contribution in [0.4, 0.5) is 4.79 Å². The van der Waals surface area contributed by atoms with Crippen LogP contribution >= 0.6 is 0 Å². The van der Waals surface area contributed by atoms with E-state index in [2.05, 4.69) is 36.1 Å². The zero-order chi connectivity index (χ0) is 20.8. The summed E-state index contributed by atoms with van der Waals surface area (Å²) in [5, 5.41) is 12.1. The summed E-state index contributed by atoms with van der Waals surface area (Å²) in [6.07, 6.45) is 6.76. The molecule has 0 atom stereocenters. The van der Waals surface area contributed by atoms with Gasteiger partial charge in [-0.25, -0.2) is 9.78 Å². The van der Waals surface area contributed by atoms with E-state index in [9.17, 15) is 4.79 Å². The van der Waals surface area contributed by atoms with Crippen molar-refractivity contribution in [2.75, 3.05) is 39.3 Å². The highest BCUT2D eigenvalue weighted by atomic mass is 16.2. The summed E-state index contributed by atoms with van der Waals surface area (Å²) in [6, 6.07) is 2.33. The molecule has 0 bridgehead atoms. The van der Waals surface area contributed by atoms with E-state index in [0.717, 1.165) is 76.0 Å². The second kappa shape index (κ2) is 6.09. The Kier molecular flexibility index (Phi) is 3.57. The molecule has 5 fully saturated rings. The number of aromatic amines is 1. The summed E-state index contributed by atoms with van der Waals surface area (Å²) in [5.74, 6) is 3.20. The van der Waals surface area contributed by atoms with Gasteiger partial charge in [-0.15, -0.1) is 0 Å². The van der Waals surface area contributed by atoms with E-state index < -0.39 is 0 Å². The summed E-state index contributed by atoms with van der Waals surface area (Å²) in [7, 11) is 1.96. The predicted octanol–water partition coefficient (Wildman–Crippen LogP) is 1.53. The Morgan fingerprint density at radius 3 is 2.42 bits per heavy atom. The van der Waals surface area contributed by atoms with Crippen molar-refractivity contribution in [2.45, 2.75) is 44.1 Å². The monoisotopic (exact) mass is 422 g/mol. The molecule has 9 nitrogen and oxygen atoms in total. The molecule has 3 saturated heterocycles. The smallest absolute Gasteiger partial charge is 0.320 e. The molecular formula is C22H30N8O. The fraction of sp³-hybridized carbons (Fsp3) is 0.727. The Labute approximate surface area is 181 Å². The molecule has 2 spiro atoms. The van der Waals surface area contributed by atoms with Crippen molar-refractivity contribution in [1.82, 2.24) is 39.7 Å². The van der Waals surface area contributed by atoms with Gasteiger partial charge in [-0.3, -0.25) is 14.7 Å². The average Bonchev–Trinajstić information content (AvgIpc) is 3.21. The minimum atomic E-state index is 0.247. The number of nitrogens with one attached hydrogen (secondary N) is 1. The first-order chi connectivity index (χ1) is 15.0. The number of rotatable bonds is 4. The number of carbonyl (C=O) groups excluding carboxylic acids is 1. The number of carbonyl (C=O) groups is 1. The molecule has 0 radical (unpaired) electrons. The van der Waals surface area contributed by atoms with Crippen LogP contribution in [0.15, 0.2) is 12.3 Å². The Morgan fingerprint density at radius 2 is 1.77 bits per heavy atom. The van der Waals surface area contributed by atoms with Gasteiger partial charge in [0.05, 0.1) is 5.69 Å². The molecule has 2 aliphatic carbocycles. The maximum atomic E-state index is 12.9. The Morgan fingerprint density at radius 1 is 1.06 bits per heavy atom. The number of likely N-dealkylation sites (tertiary alicyclic amines) is 3. The zero-order valence-electron chi connectivity index (χ0n) is 18.1.